The number of ether oxygens (including phenoxy) is 2. The normalized spacial score (nSPS) is 14.4. The van der Waals surface area contributed by atoms with E-state index < -0.39 is 24.1 Å². The molecule has 0 bridgehead atoms. The molecule has 3 rings (SSSR count). The zero-order valence-corrected chi connectivity index (χ0v) is 17.0. The molecule has 2 aromatic rings. The Morgan fingerprint density at radius 3 is 2.35 bits per heavy atom. The zero-order valence-electron chi connectivity index (χ0n) is 17.0. The summed E-state index contributed by atoms with van der Waals surface area (Å²) in [5.41, 5.74) is 1.50. The highest BCUT2D eigenvalue weighted by Crippen LogP contribution is 2.12. The van der Waals surface area contributed by atoms with Gasteiger partial charge in [0.05, 0.1) is 13.2 Å². The maximum absolute atomic E-state index is 12.8. The minimum absolute atomic E-state index is 0.0485. The number of phenolic OH excluding ortho intramolecular Hbond substituents is 1. The molecule has 1 aliphatic rings. The molecule has 1 atom stereocenters. The first-order valence-corrected chi connectivity index (χ1v) is 9.94. The van der Waals surface area contributed by atoms with E-state index in [1.165, 1.54) is 17.0 Å². The molecule has 0 spiro atoms. The molecule has 1 saturated heterocycles. The summed E-state index contributed by atoms with van der Waals surface area (Å²) < 4.78 is 10.4. The van der Waals surface area contributed by atoms with E-state index in [4.69, 9.17) is 9.47 Å². The van der Waals surface area contributed by atoms with Crippen LogP contribution in [0, 0.1) is 0 Å². The third-order valence-electron chi connectivity index (χ3n) is 4.73. The summed E-state index contributed by atoms with van der Waals surface area (Å²) >= 11 is 0. The van der Waals surface area contributed by atoms with Crippen LogP contribution in [0.4, 0.5) is 9.59 Å². The molecule has 9 nitrogen and oxygen atoms in total. The van der Waals surface area contributed by atoms with Crippen molar-refractivity contribution in [3.8, 4) is 5.75 Å². The van der Waals surface area contributed by atoms with Gasteiger partial charge in [-0.3, -0.25) is 10.1 Å². The molecular formula is C22H25N3O6. The van der Waals surface area contributed by atoms with E-state index in [-0.39, 0.29) is 18.8 Å². The number of alkyl carbamates (subject to hydrolysis) is 1. The number of nitrogens with one attached hydrogen (secondary N) is 2. The van der Waals surface area contributed by atoms with Gasteiger partial charge in [-0.2, -0.15) is 0 Å². The van der Waals surface area contributed by atoms with Gasteiger partial charge >= 0.3 is 12.1 Å². The van der Waals surface area contributed by atoms with E-state index >= 15 is 0 Å². The second-order valence-corrected chi connectivity index (χ2v) is 7.02. The van der Waals surface area contributed by atoms with Crippen LogP contribution >= 0.6 is 0 Å². The summed E-state index contributed by atoms with van der Waals surface area (Å²) in [6, 6.07) is 13.8. The van der Waals surface area contributed by atoms with Gasteiger partial charge in [-0.1, -0.05) is 42.5 Å². The number of amides is 4. The largest absolute Gasteiger partial charge is 0.508 e. The predicted molar refractivity (Wildman–Crippen MR) is 111 cm³/mol. The summed E-state index contributed by atoms with van der Waals surface area (Å²) in [5, 5.41) is 14.3. The average Bonchev–Trinajstić information content (AvgIpc) is 2.80. The van der Waals surface area contributed by atoms with Gasteiger partial charge in [0.1, 0.15) is 18.4 Å². The van der Waals surface area contributed by atoms with Crippen LogP contribution in [0.15, 0.2) is 54.6 Å². The lowest BCUT2D eigenvalue weighted by atomic mass is 10.1. The fourth-order valence-corrected chi connectivity index (χ4v) is 3.02. The van der Waals surface area contributed by atoms with Crippen LogP contribution in [0.3, 0.4) is 0 Å². The van der Waals surface area contributed by atoms with Gasteiger partial charge in [0.2, 0.25) is 0 Å². The van der Waals surface area contributed by atoms with Crippen molar-refractivity contribution in [1.29, 1.82) is 0 Å². The molecule has 0 saturated carbocycles. The SMILES string of the molecule is O=C(N[C@@H](Cc1ccc(O)cc1)C(=O)NC(=O)N1CCOCC1)OCc1ccccc1. The summed E-state index contributed by atoms with van der Waals surface area (Å²) in [5.74, 6) is -0.566. The number of hydrogen-bond donors (Lipinski definition) is 3. The first-order chi connectivity index (χ1) is 15.0. The molecule has 4 amide bonds. The van der Waals surface area contributed by atoms with Gasteiger partial charge in [0.25, 0.3) is 5.91 Å². The van der Waals surface area contributed by atoms with Crippen molar-refractivity contribution < 1.29 is 29.0 Å². The number of hydrogen-bond acceptors (Lipinski definition) is 6. The van der Waals surface area contributed by atoms with E-state index in [0.29, 0.717) is 31.9 Å². The number of phenols is 1. The molecule has 1 fully saturated rings. The summed E-state index contributed by atoms with van der Waals surface area (Å²) in [6.45, 7) is 1.63. The van der Waals surface area contributed by atoms with Crippen LogP contribution in [0.2, 0.25) is 0 Å². The fraction of sp³-hybridized carbons (Fsp3) is 0.318. The lowest BCUT2D eigenvalue weighted by Crippen LogP contribution is -2.54. The molecule has 31 heavy (non-hydrogen) atoms. The van der Waals surface area contributed by atoms with Crippen molar-refractivity contribution >= 4 is 18.0 Å². The number of morpholine rings is 1. The molecule has 2 aromatic carbocycles. The van der Waals surface area contributed by atoms with E-state index in [1.807, 2.05) is 30.3 Å². The predicted octanol–water partition coefficient (Wildman–Crippen LogP) is 1.80. The summed E-state index contributed by atoms with van der Waals surface area (Å²) in [4.78, 5) is 38.9. The van der Waals surface area contributed by atoms with Crippen LogP contribution in [0.5, 0.6) is 5.75 Å². The Morgan fingerprint density at radius 2 is 1.68 bits per heavy atom. The smallest absolute Gasteiger partial charge is 0.408 e. The number of carbonyl (C=O) groups is 3. The molecular weight excluding hydrogens is 402 g/mol. The first kappa shape index (κ1) is 22.1. The summed E-state index contributed by atoms with van der Waals surface area (Å²) in [6.07, 6.45) is -0.662. The molecule has 1 heterocycles. The Hall–Kier alpha value is -3.59. The molecule has 164 valence electrons. The number of imide groups is 1. The monoisotopic (exact) mass is 427 g/mol. The lowest BCUT2D eigenvalue weighted by molar-refractivity contribution is -0.122. The van der Waals surface area contributed by atoms with Gasteiger partial charge in [-0.25, -0.2) is 9.59 Å². The summed E-state index contributed by atoms with van der Waals surface area (Å²) in [7, 11) is 0. The standard InChI is InChI=1S/C22H25N3O6/c26-18-8-6-16(7-9-18)14-19(20(27)24-21(28)25-10-12-30-13-11-25)23-22(29)31-15-17-4-2-1-3-5-17/h1-9,19,26H,10-15H2,(H,23,29)(H,24,27,28)/t19-/m0/s1. The zero-order chi connectivity index (χ0) is 22.1. The van der Waals surface area contributed by atoms with Crippen molar-refractivity contribution in [3.63, 3.8) is 0 Å². The van der Waals surface area contributed by atoms with Crippen LogP contribution in [0.25, 0.3) is 0 Å². The Morgan fingerprint density at radius 1 is 1.00 bits per heavy atom. The van der Waals surface area contributed by atoms with E-state index in [1.54, 1.807) is 12.1 Å². The molecule has 3 N–H and O–H groups in total. The molecule has 9 heteroatoms. The first-order valence-electron chi connectivity index (χ1n) is 9.94. The third-order valence-corrected chi connectivity index (χ3v) is 4.73. The van der Waals surface area contributed by atoms with Crippen molar-refractivity contribution in [3.05, 3.63) is 65.7 Å². The molecule has 0 aliphatic carbocycles. The topological polar surface area (TPSA) is 117 Å². The van der Waals surface area contributed by atoms with Gasteiger partial charge in [0.15, 0.2) is 0 Å². The third kappa shape index (κ3) is 7.00. The minimum Gasteiger partial charge on any atom is -0.508 e. The lowest BCUT2D eigenvalue weighted by Gasteiger charge is -2.27. The van der Waals surface area contributed by atoms with Crippen molar-refractivity contribution in [2.75, 3.05) is 26.3 Å². The highest BCUT2D eigenvalue weighted by atomic mass is 16.5. The van der Waals surface area contributed by atoms with Crippen LogP contribution in [-0.4, -0.2) is 60.4 Å². The van der Waals surface area contributed by atoms with Gasteiger partial charge in [-0.05, 0) is 23.3 Å². The van der Waals surface area contributed by atoms with E-state index in [2.05, 4.69) is 10.6 Å². The quantitative estimate of drug-likeness (QED) is 0.647. The fourth-order valence-electron chi connectivity index (χ4n) is 3.02. The maximum atomic E-state index is 12.8. The van der Waals surface area contributed by atoms with E-state index in [9.17, 15) is 19.5 Å². The molecule has 0 radical (unpaired) electrons. The number of carbonyl (C=O) groups excluding carboxylic acids is 3. The maximum Gasteiger partial charge on any atom is 0.408 e. The van der Waals surface area contributed by atoms with Crippen LogP contribution < -0.4 is 10.6 Å². The Bertz CT molecular complexity index is 882. The van der Waals surface area contributed by atoms with E-state index in [0.717, 1.165) is 5.56 Å². The molecule has 0 unspecified atom stereocenters. The van der Waals surface area contributed by atoms with Gasteiger partial charge in [0, 0.05) is 19.5 Å². The van der Waals surface area contributed by atoms with Crippen LogP contribution in [-0.2, 0) is 27.3 Å². The van der Waals surface area contributed by atoms with Crippen molar-refractivity contribution in [1.82, 2.24) is 15.5 Å². The van der Waals surface area contributed by atoms with Crippen LogP contribution in [0.1, 0.15) is 11.1 Å². The second-order valence-electron chi connectivity index (χ2n) is 7.02. The minimum atomic E-state index is -1.04. The Labute approximate surface area is 179 Å². The van der Waals surface area contributed by atoms with Gasteiger partial charge in [-0.15, -0.1) is 0 Å². The number of rotatable bonds is 6. The van der Waals surface area contributed by atoms with Crippen molar-refractivity contribution in [2.45, 2.75) is 19.1 Å². The average molecular weight is 427 g/mol. The number of aromatic hydroxyl groups is 1. The number of benzene rings is 2. The highest BCUT2D eigenvalue weighted by Gasteiger charge is 2.26. The molecule has 0 aromatic heterocycles. The number of urea groups is 1. The molecule has 1 aliphatic heterocycles. The van der Waals surface area contributed by atoms with Crippen molar-refractivity contribution in [2.24, 2.45) is 0 Å². The second kappa shape index (κ2) is 11.0. The highest BCUT2D eigenvalue weighted by molar-refractivity contribution is 5.98. The Balaban J connectivity index is 1.62. The van der Waals surface area contributed by atoms with Gasteiger partial charge < -0.3 is 24.8 Å². The number of nitrogens with zero attached hydrogens (tertiary/aromatic N) is 1. The Kier molecular flexibility index (Phi) is 7.83.